The molecule has 0 bridgehead atoms. The van der Waals surface area contributed by atoms with Crippen molar-refractivity contribution in [2.45, 2.75) is 52.5 Å². The monoisotopic (exact) mass is 295 g/mol. The Labute approximate surface area is 130 Å². The predicted octanol–water partition coefficient (Wildman–Crippen LogP) is 1.94. The Balaban J connectivity index is 1.97. The van der Waals surface area contributed by atoms with Crippen LogP contribution in [0.2, 0.25) is 0 Å². The zero-order chi connectivity index (χ0) is 15.6. The van der Waals surface area contributed by atoms with E-state index in [2.05, 4.69) is 37.6 Å². The molecule has 0 aromatic rings. The summed E-state index contributed by atoms with van der Waals surface area (Å²) in [5.74, 6) is 0.941. The Hall–Kier alpha value is -0.610. The number of likely N-dealkylation sites (tertiary alicyclic amines) is 2. The van der Waals surface area contributed by atoms with Gasteiger partial charge in [0.25, 0.3) is 0 Å². The summed E-state index contributed by atoms with van der Waals surface area (Å²) in [5, 5.41) is 0. The quantitative estimate of drug-likeness (QED) is 0.865. The molecule has 0 saturated carbocycles. The number of fused-ring (bicyclic) bond motifs is 1. The zero-order valence-corrected chi connectivity index (χ0v) is 14.3. The molecule has 2 rings (SSSR count). The number of carbonyl (C=O) groups is 1. The van der Waals surface area contributed by atoms with Crippen LogP contribution in [0.1, 0.15) is 46.5 Å². The lowest BCUT2D eigenvalue weighted by Crippen LogP contribution is -2.55. The van der Waals surface area contributed by atoms with Crippen molar-refractivity contribution in [3.05, 3.63) is 0 Å². The summed E-state index contributed by atoms with van der Waals surface area (Å²) in [6.45, 7) is 10.1. The van der Waals surface area contributed by atoms with E-state index in [0.717, 1.165) is 25.9 Å². The molecule has 0 aromatic heterocycles. The predicted molar refractivity (Wildman–Crippen MR) is 87.0 cm³/mol. The maximum Gasteiger partial charge on any atom is 0.226 e. The maximum absolute atomic E-state index is 12.8. The highest BCUT2D eigenvalue weighted by Crippen LogP contribution is 2.31. The number of hydrogen-bond donors (Lipinski definition) is 1. The summed E-state index contributed by atoms with van der Waals surface area (Å²) >= 11 is 0. The highest BCUT2D eigenvalue weighted by atomic mass is 16.2. The third kappa shape index (κ3) is 4.19. The highest BCUT2D eigenvalue weighted by molar-refractivity contribution is 5.79. The zero-order valence-electron chi connectivity index (χ0n) is 14.3. The summed E-state index contributed by atoms with van der Waals surface area (Å²) in [5.41, 5.74) is 6.04. The third-order valence-electron chi connectivity index (χ3n) is 5.15. The topological polar surface area (TPSA) is 49.6 Å². The van der Waals surface area contributed by atoms with Gasteiger partial charge < -0.3 is 15.5 Å². The van der Waals surface area contributed by atoms with Crippen LogP contribution in [0, 0.1) is 17.3 Å². The standard InChI is InChI=1S/C17H33N3O/c1-17(2,3)10-14(11-18)16(21)20-9-7-15-13(12-20)6-5-8-19(15)4/h13-15H,5-12,18H2,1-4H3. The number of nitrogens with zero attached hydrogens (tertiary/aromatic N) is 2. The van der Waals surface area contributed by atoms with E-state index in [0.29, 0.717) is 24.4 Å². The van der Waals surface area contributed by atoms with Gasteiger partial charge in [-0.2, -0.15) is 0 Å². The Morgan fingerprint density at radius 1 is 1.29 bits per heavy atom. The fourth-order valence-corrected chi connectivity index (χ4v) is 4.12. The van der Waals surface area contributed by atoms with Crippen LogP contribution in [0.3, 0.4) is 0 Å². The van der Waals surface area contributed by atoms with Crippen molar-refractivity contribution in [3.8, 4) is 0 Å². The second kappa shape index (κ2) is 6.66. The van der Waals surface area contributed by atoms with Crippen molar-refractivity contribution < 1.29 is 4.79 Å². The molecule has 0 aromatic carbocycles. The first-order valence-electron chi connectivity index (χ1n) is 8.51. The van der Waals surface area contributed by atoms with Gasteiger partial charge in [-0.3, -0.25) is 4.79 Å². The summed E-state index contributed by atoms with van der Waals surface area (Å²) in [7, 11) is 2.23. The number of carbonyl (C=O) groups excluding carboxylic acids is 1. The lowest BCUT2D eigenvalue weighted by molar-refractivity contribution is -0.139. The van der Waals surface area contributed by atoms with E-state index in [1.807, 2.05) is 0 Å². The molecule has 2 saturated heterocycles. The molecule has 2 aliphatic heterocycles. The number of amides is 1. The largest absolute Gasteiger partial charge is 0.342 e. The van der Waals surface area contributed by atoms with Gasteiger partial charge in [0.1, 0.15) is 0 Å². The minimum Gasteiger partial charge on any atom is -0.342 e. The molecule has 21 heavy (non-hydrogen) atoms. The minimum absolute atomic E-state index is 0.0112. The number of piperidine rings is 2. The first kappa shape index (κ1) is 16.8. The Morgan fingerprint density at radius 3 is 2.62 bits per heavy atom. The van der Waals surface area contributed by atoms with Crippen molar-refractivity contribution in [1.82, 2.24) is 9.80 Å². The lowest BCUT2D eigenvalue weighted by atomic mass is 9.81. The van der Waals surface area contributed by atoms with Gasteiger partial charge in [0.05, 0.1) is 5.92 Å². The second-order valence-corrected chi connectivity index (χ2v) is 8.22. The van der Waals surface area contributed by atoms with E-state index in [9.17, 15) is 4.79 Å². The molecular formula is C17H33N3O. The number of nitrogens with two attached hydrogens (primary N) is 1. The molecule has 3 atom stereocenters. The van der Waals surface area contributed by atoms with Crippen LogP contribution in [0.25, 0.3) is 0 Å². The van der Waals surface area contributed by atoms with Crippen LogP contribution < -0.4 is 5.73 Å². The fourth-order valence-electron chi connectivity index (χ4n) is 4.12. The highest BCUT2D eigenvalue weighted by Gasteiger charge is 2.37. The molecule has 4 nitrogen and oxygen atoms in total. The SMILES string of the molecule is CN1CCCC2CN(C(=O)C(CN)CC(C)(C)C)CCC21. The molecule has 0 aliphatic carbocycles. The van der Waals surface area contributed by atoms with E-state index >= 15 is 0 Å². The van der Waals surface area contributed by atoms with Gasteiger partial charge in [-0.1, -0.05) is 20.8 Å². The molecule has 0 spiro atoms. The molecule has 4 heteroatoms. The van der Waals surface area contributed by atoms with E-state index in [1.54, 1.807) is 0 Å². The Kier molecular flexibility index (Phi) is 5.31. The van der Waals surface area contributed by atoms with Gasteiger partial charge in [0.2, 0.25) is 5.91 Å². The summed E-state index contributed by atoms with van der Waals surface area (Å²) in [6, 6.07) is 0.682. The number of hydrogen-bond acceptors (Lipinski definition) is 3. The Bertz CT molecular complexity index is 364. The van der Waals surface area contributed by atoms with Crippen LogP contribution >= 0.6 is 0 Å². The molecule has 2 fully saturated rings. The molecule has 122 valence electrons. The van der Waals surface area contributed by atoms with Crippen molar-refractivity contribution in [3.63, 3.8) is 0 Å². The smallest absolute Gasteiger partial charge is 0.226 e. The van der Waals surface area contributed by atoms with Crippen molar-refractivity contribution in [1.29, 1.82) is 0 Å². The van der Waals surface area contributed by atoms with Gasteiger partial charge in [0, 0.05) is 25.7 Å². The molecule has 2 heterocycles. The van der Waals surface area contributed by atoms with E-state index in [-0.39, 0.29) is 11.3 Å². The third-order valence-corrected chi connectivity index (χ3v) is 5.15. The van der Waals surface area contributed by atoms with Gasteiger partial charge in [-0.05, 0) is 50.6 Å². The normalized spacial score (nSPS) is 29.1. The molecular weight excluding hydrogens is 262 g/mol. The summed E-state index contributed by atoms with van der Waals surface area (Å²) in [6.07, 6.45) is 4.54. The van der Waals surface area contributed by atoms with Crippen molar-refractivity contribution in [2.75, 3.05) is 33.2 Å². The summed E-state index contributed by atoms with van der Waals surface area (Å²) in [4.78, 5) is 17.4. The van der Waals surface area contributed by atoms with Crippen LogP contribution in [0.4, 0.5) is 0 Å². The van der Waals surface area contributed by atoms with Gasteiger partial charge in [-0.15, -0.1) is 0 Å². The maximum atomic E-state index is 12.8. The fraction of sp³-hybridized carbons (Fsp3) is 0.941. The van der Waals surface area contributed by atoms with E-state index in [4.69, 9.17) is 5.73 Å². The first-order chi connectivity index (χ1) is 9.81. The van der Waals surface area contributed by atoms with Crippen molar-refractivity contribution >= 4 is 5.91 Å². The van der Waals surface area contributed by atoms with Gasteiger partial charge in [-0.25, -0.2) is 0 Å². The molecule has 2 N–H and O–H groups in total. The average Bonchev–Trinajstić information content (AvgIpc) is 2.43. The molecule has 3 unspecified atom stereocenters. The molecule has 2 aliphatic rings. The van der Waals surface area contributed by atoms with E-state index < -0.39 is 0 Å². The van der Waals surface area contributed by atoms with Gasteiger partial charge in [0.15, 0.2) is 0 Å². The van der Waals surface area contributed by atoms with Crippen LogP contribution in [0.15, 0.2) is 0 Å². The molecule has 1 amide bonds. The van der Waals surface area contributed by atoms with E-state index in [1.165, 1.54) is 19.4 Å². The summed E-state index contributed by atoms with van der Waals surface area (Å²) < 4.78 is 0. The van der Waals surface area contributed by atoms with Crippen molar-refractivity contribution in [2.24, 2.45) is 23.0 Å². The van der Waals surface area contributed by atoms with Crippen LogP contribution in [-0.2, 0) is 4.79 Å². The van der Waals surface area contributed by atoms with Crippen LogP contribution in [-0.4, -0.2) is 55.0 Å². The Morgan fingerprint density at radius 2 is 2.00 bits per heavy atom. The van der Waals surface area contributed by atoms with Crippen LogP contribution in [0.5, 0.6) is 0 Å². The minimum atomic E-state index is -0.0112. The number of rotatable bonds is 3. The molecule has 0 radical (unpaired) electrons. The lowest BCUT2D eigenvalue weighted by Gasteiger charge is -2.46. The van der Waals surface area contributed by atoms with Gasteiger partial charge >= 0.3 is 0 Å². The first-order valence-corrected chi connectivity index (χ1v) is 8.51. The average molecular weight is 295 g/mol. The second-order valence-electron chi connectivity index (χ2n) is 8.22.